The monoisotopic (exact) mass is 389 g/mol. The lowest BCUT2D eigenvalue weighted by atomic mass is 10.2. The molecule has 0 atom stereocenters. The van der Waals surface area contributed by atoms with E-state index >= 15 is 0 Å². The summed E-state index contributed by atoms with van der Waals surface area (Å²) < 4.78 is 36.0. The summed E-state index contributed by atoms with van der Waals surface area (Å²) in [5.74, 6) is 0.591. The number of amides is 1. The van der Waals surface area contributed by atoms with Crippen molar-refractivity contribution in [2.45, 2.75) is 24.3 Å². The summed E-state index contributed by atoms with van der Waals surface area (Å²) in [5, 5.41) is 0. The first-order valence-corrected chi connectivity index (χ1v) is 10.2. The zero-order valence-corrected chi connectivity index (χ0v) is 15.3. The number of nitrogens with zero attached hydrogens (tertiary/aromatic N) is 4. The molecule has 1 aliphatic rings. The Labute approximate surface area is 154 Å². The number of aromatic nitrogens is 3. The van der Waals surface area contributed by atoms with E-state index in [1.807, 2.05) is 0 Å². The van der Waals surface area contributed by atoms with Crippen LogP contribution >= 0.6 is 11.7 Å². The molecule has 1 N–H and O–H groups in total. The lowest BCUT2D eigenvalue weighted by Gasteiger charge is -2.15. The van der Waals surface area contributed by atoms with Crippen LogP contribution in [-0.4, -0.2) is 34.6 Å². The van der Waals surface area contributed by atoms with Gasteiger partial charge >= 0.3 is 0 Å². The van der Waals surface area contributed by atoms with Crippen molar-refractivity contribution < 1.29 is 13.2 Å². The van der Waals surface area contributed by atoms with Crippen LogP contribution in [0.3, 0.4) is 0 Å². The van der Waals surface area contributed by atoms with E-state index in [0.717, 1.165) is 23.7 Å². The highest BCUT2D eigenvalue weighted by Gasteiger charge is 2.23. The number of carbonyl (C=O) groups is 1. The molecule has 3 heterocycles. The fourth-order valence-electron chi connectivity index (χ4n) is 2.86. The standard InChI is InChI=1S/C16H15N5O3S2/c22-15-5-2-8-21(15)14-9-11(6-7-17-14)10-18-26(23,24)13-4-1-3-12-16(13)20-25-19-12/h1,3-4,6-7,9,18H,2,5,8,10H2. The Bertz CT molecular complexity index is 1080. The quantitative estimate of drug-likeness (QED) is 0.712. The van der Waals surface area contributed by atoms with E-state index in [1.165, 1.54) is 6.07 Å². The number of hydrogen-bond donors (Lipinski definition) is 1. The molecule has 1 saturated heterocycles. The number of nitrogens with one attached hydrogen (secondary N) is 1. The Morgan fingerprint density at radius 1 is 1.23 bits per heavy atom. The first kappa shape index (κ1) is 17.0. The van der Waals surface area contributed by atoms with Crippen molar-refractivity contribution in [1.29, 1.82) is 0 Å². The van der Waals surface area contributed by atoms with Crippen LogP contribution in [0.5, 0.6) is 0 Å². The Balaban J connectivity index is 1.55. The van der Waals surface area contributed by atoms with E-state index in [0.29, 0.717) is 29.8 Å². The highest BCUT2D eigenvalue weighted by Crippen LogP contribution is 2.22. The molecule has 0 unspecified atom stereocenters. The van der Waals surface area contributed by atoms with Gasteiger partial charge in [-0.3, -0.25) is 9.69 Å². The van der Waals surface area contributed by atoms with Gasteiger partial charge < -0.3 is 0 Å². The van der Waals surface area contributed by atoms with E-state index in [1.54, 1.807) is 35.4 Å². The minimum atomic E-state index is -3.74. The van der Waals surface area contributed by atoms with Gasteiger partial charge in [-0.2, -0.15) is 8.75 Å². The molecule has 2 aromatic heterocycles. The van der Waals surface area contributed by atoms with Crippen LogP contribution in [0.4, 0.5) is 5.82 Å². The number of sulfonamides is 1. The molecule has 10 heteroatoms. The summed E-state index contributed by atoms with van der Waals surface area (Å²) in [5.41, 5.74) is 1.64. The molecule has 0 saturated carbocycles. The van der Waals surface area contributed by atoms with Crippen LogP contribution in [0.2, 0.25) is 0 Å². The lowest BCUT2D eigenvalue weighted by Crippen LogP contribution is -2.26. The maximum atomic E-state index is 12.7. The molecule has 0 radical (unpaired) electrons. The molecule has 0 aliphatic carbocycles. The topological polar surface area (TPSA) is 105 Å². The van der Waals surface area contributed by atoms with Crippen molar-refractivity contribution in [2.75, 3.05) is 11.4 Å². The van der Waals surface area contributed by atoms with Crippen molar-refractivity contribution in [1.82, 2.24) is 18.5 Å². The van der Waals surface area contributed by atoms with Gasteiger partial charge in [-0.25, -0.2) is 18.1 Å². The third-order valence-corrected chi connectivity index (χ3v) is 6.14. The Morgan fingerprint density at radius 2 is 2.12 bits per heavy atom. The van der Waals surface area contributed by atoms with Gasteiger partial charge in [0.2, 0.25) is 15.9 Å². The molecule has 8 nitrogen and oxygen atoms in total. The predicted octanol–water partition coefficient (Wildman–Crippen LogP) is 1.69. The SMILES string of the molecule is O=C1CCCN1c1cc(CNS(=O)(=O)c2cccc3nsnc23)ccn1. The molecular formula is C16H15N5O3S2. The second kappa shape index (κ2) is 6.71. The van der Waals surface area contributed by atoms with Crippen LogP contribution in [0.25, 0.3) is 11.0 Å². The molecular weight excluding hydrogens is 374 g/mol. The van der Waals surface area contributed by atoms with E-state index in [2.05, 4.69) is 18.5 Å². The molecule has 3 aromatic rings. The van der Waals surface area contributed by atoms with Crippen molar-refractivity contribution >= 4 is 44.5 Å². The van der Waals surface area contributed by atoms with Crippen molar-refractivity contribution in [3.05, 3.63) is 42.1 Å². The van der Waals surface area contributed by atoms with Gasteiger partial charge in [0.05, 0.1) is 11.7 Å². The number of hydrogen-bond acceptors (Lipinski definition) is 7. The first-order chi connectivity index (χ1) is 12.5. The lowest BCUT2D eigenvalue weighted by molar-refractivity contribution is -0.117. The molecule has 1 aromatic carbocycles. The minimum absolute atomic E-state index is 0.0398. The maximum Gasteiger partial charge on any atom is 0.243 e. The van der Waals surface area contributed by atoms with Crippen LogP contribution in [0.15, 0.2) is 41.4 Å². The predicted molar refractivity (Wildman–Crippen MR) is 97.3 cm³/mol. The number of fused-ring (bicyclic) bond motifs is 1. The molecule has 1 aliphatic heterocycles. The number of rotatable bonds is 5. The highest BCUT2D eigenvalue weighted by molar-refractivity contribution is 7.89. The average Bonchev–Trinajstić information content (AvgIpc) is 3.28. The average molecular weight is 389 g/mol. The Morgan fingerprint density at radius 3 is 2.92 bits per heavy atom. The molecule has 0 spiro atoms. The maximum absolute atomic E-state index is 12.7. The van der Waals surface area contributed by atoms with Gasteiger partial charge in [0, 0.05) is 25.7 Å². The van der Waals surface area contributed by atoms with E-state index in [4.69, 9.17) is 0 Å². The second-order valence-electron chi connectivity index (χ2n) is 5.88. The first-order valence-electron chi connectivity index (χ1n) is 8.01. The van der Waals surface area contributed by atoms with Crippen LogP contribution in [0, 0.1) is 0 Å². The van der Waals surface area contributed by atoms with Gasteiger partial charge in [-0.1, -0.05) is 6.07 Å². The summed E-state index contributed by atoms with van der Waals surface area (Å²) in [6.45, 7) is 0.730. The number of pyridine rings is 1. The minimum Gasteiger partial charge on any atom is -0.297 e. The van der Waals surface area contributed by atoms with Crippen LogP contribution in [0.1, 0.15) is 18.4 Å². The molecule has 26 heavy (non-hydrogen) atoms. The van der Waals surface area contributed by atoms with Gasteiger partial charge in [0.1, 0.15) is 21.7 Å². The van der Waals surface area contributed by atoms with Crippen LogP contribution in [-0.2, 0) is 21.4 Å². The molecule has 4 rings (SSSR count). The van der Waals surface area contributed by atoms with Gasteiger partial charge in [0.25, 0.3) is 0 Å². The normalized spacial score (nSPS) is 15.1. The highest BCUT2D eigenvalue weighted by atomic mass is 32.2. The van der Waals surface area contributed by atoms with Crippen molar-refractivity contribution in [3.8, 4) is 0 Å². The third-order valence-electron chi connectivity index (χ3n) is 4.16. The van der Waals surface area contributed by atoms with E-state index in [9.17, 15) is 13.2 Å². The third kappa shape index (κ3) is 3.18. The van der Waals surface area contributed by atoms with E-state index in [-0.39, 0.29) is 17.3 Å². The van der Waals surface area contributed by atoms with Gasteiger partial charge in [-0.05, 0) is 36.2 Å². The summed E-state index contributed by atoms with van der Waals surface area (Å²) in [4.78, 5) is 17.8. The van der Waals surface area contributed by atoms with E-state index < -0.39 is 10.0 Å². The van der Waals surface area contributed by atoms with Crippen LogP contribution < -0.4 is 9.62 Å². The summed E-state index contributed by atoms with van der Waals surface area (Å²) in [7, 11) is -3.74. The Hall–Kier alpha value is -2.43. The zero-order valence-electron chi connectivity index (χ0n) is 13.6. The van der Waals surface area contributed by atoms with Gasteiger partial charge in [0.15, 0.2) is 0 Å². The molecule has 0 bridgehead atoms. The molecule has 1 fully saturated rings. The number of anilines is 1. The smallest absolute Gasteiger partial charge is 0.243 e. The number of benzene rings is 1. The van der Waals surface area contributed by atoms with Gasteiger partial charge in [-0.15, -0.1) is 0 Å². The summed E-state index contributed by atoms with van der Waals surface area (Å²) in [6.07, 6.45) is 2.91. The molecule has 1 amide bonds. The fraction of sp³-hybridized carbons (Fsp3) is 0.250. The molecule has 134 valence electrons. The summed E-state index contributed by atoms with van der Waals surface area (Å²) in [6, 6.07) is 8.32. The largest absolute Gasteiger partial charge is 0.297 e. The fourth-order valence-corrected chi connectivity index (χ4v) is 4.64. The number of carbonyl (C=O) groups excluding carboxylic acids is 1. The second-order valence-corrected chi connectivity index (χ2v) is 8.15. The Kier molecular flexibility index (Phi) is 4.39. The van der Waals surface area contributed by atoms with Crippen molar-refractivity contribution in [2.24, 2.45) is 0 Å². The zero-order chi connectivity index (χ0) is 18.1. The van der Waals surface area contributed by atoms with Crippen molar-refractivity contribution in [3.63, 3.8) is 0 Å². The summed E-state index contributed by atoms with van der Waals surface area (Å²) >= 11 is 0.976.